The molecule has 3 rings (SSSR count). The fourth-order valence-electron chi connectivity index (χ4n) is 3.15. The summed E-state index contributed by atoms with van der Waals surface area (Å²) < 4.78 is 0. The Morgan fingerprint density at radius 1 is 1.16 bits per heavy atom. The molecule has 132 valence electrons. The van der Waals surface area contributed by atoms with Crippen molar-refractivity contribution in [1.82, 2.24) is 0 Å². The Balaban J connectivity index is 1.71. The number of nitrogens with zero attached hydrogens (tertiary/aromatic N) is 2. The topological polar surface area (TPSA) is 62.9 Å². The van der Waals surface area contributed by atoms with Crippen LogP contribution in [0.25, 0.3) is 0 Å². The lowest BCUT2D eigenvalue weighted by molar-refractivity contribution is -0.880. The number of likely N-dealkylation sites (N-methyl/N-ethyl adjacent to an activating group) is 1. The van der Waals surface area contributed by atoms with E-state index in [0.717, 1.165) is 38.3 Å². The first-order valence-electron chi connectivity index (χ1n) is 8.76. The van der Waals surface area contributed by atoms with Crippen LogP contribution >= 0.6 is 0 Å². The Morgan fingerprint density at radius 3 is 2.56 bits per heavy atom. The van der Waals surface area contributed by atoms with Crippen LogP contribution in [0.5, 0.6) is 0 Å². The Hall–Kier alpha value is -2.60. The van der Waals surface area contributed by atoms with E-state index in [9.17, 15) is 10.1 Å². The van der Waals surface area contributed by atoms with E-state index in [0.29, 0.717) is 12.2 Å². The summed E-state index contributed by atoms with van der Waals surface area (Å²) in [7, 11) is 2.20. The number of nitro groups is 1. The maximum Gasteiger partial charge on any atom is 0.292 e. The third-order valence-corrected chi connectivity index (χ3v) is 4.73. The lowest BCUT2D eigenvalue weighted by Crippen LogP contribution is -3.12. The third-order valence-electron chi connectivity index (χ3n) is 4.73. The zero-order valence-corrected chi connectivity index (χ0v) is 14.6. The Morgan fingerprint density at radius 2 is 1.88 bits per heavy atom. The van der Waals surface area contributed by atoms with Gasteiger partial charge in [0.15, 0.2) is 0 Å². The van der Waals surface area contributed by atoms with Crippen molar-refractivity contribution < 1.29 is 9.82 Å². The molecule has 0 aliphatic carbocycles. The van der Waals surface area contributed by atoms with Crippen molar-refractivity contribution >= 4 is 17.1 Å². The maximum absolute atomic E-state index is 11.3. The molecule has 1 aliphatic heterocycles. The first-order valence-corrected chi connectivity index (χ1v) is 8.76. The molecule has 2 aromatic carbocycles. The van der Waals surface area contributed by atoms with Crippen LogP contribution in [0.3, 0.4) is 0 Å². The smallest absolute Gasteiger partial charge is 0.292 e. The summed E-state index contributed by atoms with van der Waals surface area (Å²) in [5.74, 6) is 0. The number of benzene rings is 2. The number of hydrogen-bond acceptors (Lipinski definition) is 4. The van der Waals surface area contributed by atoms with Gasteiger partial charge in [0.1, 0.15) is 5.69 Å². The molecule has 0 bridgehead atoms. The SMILES string of the molecule is C[NH+]1CCN(c2ccc([N+](=O)[O-])c(NCCc3ccccc3)c2)CC1. The molecule has 1 fully saturated rings. The number of rotatable bonds is 6. The zero-order valence-electron chi connectivity index (χ0n) is 14.6. The predicted molar refractivity (Wildman–Crippen MR) is 101 cm³/mol. The molecular weight excluding hydrogens is 316 g/mol. The standard InChI is InChI=1S/C19H24N4O2/c1-21-11-13-22(14-12-21)17-7-8-19(23(24)25)18(15-17)20-10-9-16-5-3-2-4-6-16/h2-8,15,20H,9-14H2,1H3/p+1. The van der Waals surface area contributed by atoms with E-state index < -0.39 is 0 Å². The minimum Gasteiger partial charge on any atom is -0.379 e. The summed E-state index contributed by atoms with van der Waals surface area (Å²) in [4.78, 5) is 14.8. The van der Waals surface area contributed by atoms with E-state index in [-0.39, 0.29) is 10.6 Å². The number of quaternary nitrogens is 1. The molecule has 6 nitrogen and oxygen atoms in total. The van der Waals surface area contributed by atoms with Gasteiger partial charge < -0.3 is 15.1 Å². The first-order chi connectivity index (χ1) is 12.1. The fraction of sp³-hybridized carbons (Fsp3) is 0.368. The Kier molecular flexibility index (Phi) is 5.50. The molecule has 0 unspecified atom stereocenters. The Labute approximate surface area is 148 Å². The molecule has 1 saturated heterocycles. The van der Waals surface area contributed by atoms with Gasteiger partial charge in [0.25, 0.3) is 5.69 Å². The molecule has 0 atom stereocenters. The number of hydrogen-bond donors (Lipinski definition) is 2. The highest BCUT2D eigenvalue weighted by atomic mass is 16.6. The van der Waals surface area contributed by atoms with Crippen molar-refractivity contribution in [3.63, 3.8) is 0 Å². The molecule has 1 heterocycles. The van der Waals surface area contributed by atoms with Crippen molar-refractivity contribution in [3.05, 3.63) is 64.2 Å². The van der Waals surface area contributed by atoms with Gasteiger partial charge in [-0.2, -0.15) is 0 Å². The lowest BCUT2D eigenvalue weighted by Gasteiger charge is -2.32. The van der Waals surface area contributed by atoms with Crippen LogP contribution in [0.2, 0.25) is 0 Å². The van der Waals surface area contributed by atoms with Crippen molar-refractivity contribution in [2.24, 2.45) is 0 Å². The highest BCUT2D eigenvalue weighted by Crippen LogP contribution is 2.29. The second-order valence-electron chi connectivity index (χ2n) is 6.57. The maximum atomic E-state index is 11.3. The van der Waals surface area contributed by atoms with Crippen LogP contribution < -0.4 is 15.1 Å². The molecule has 0 radical (unpaired) electrons. The molecule has 1 aliphatic rings. The monoisotopic (exact) mass is 341 g/mol. The molecule has 0 aromatic heterocycles. The van der Waals surface area contributed by atoms with Crippen LogP contribution in [-0.4, -0.2) is 44.7 Å². The minimum atomic E-state index is -0.317. The van der Waals surface area contributed by atoms with E-state index in [4.69, 9.17) is 0 Å². The van der Waals surface area contributed by atoms with E-state index in [1.165, 1.54) is 10.5 Å². The van der Waals surface area contributed by atoms with Gasteiger partial charge in [0.05, 0.1) is 38.2 Å². The van der Waals surface area contributed by atoms with Gasteiger partial charge in [-0.1, -0.05) is 30.3 Å². The minimum absolute atomic E-state index is 0.136. The van der Waals surface area contributed by atoms with Gasteiger partial charge in [-0.25, -0.2) is 0 Å². The summed E-state index contributed by atoms with van der Waals surface area (Å²) in [6.45, 7) is 4.81. The Bertz CT molecular complexity index is 713. The molecule has 25 heavy (non-hydrogen) atoms. The van der Waals surface area contributed by atoms with E-state index in [2.05, 4.69) is 29.4 Å². The number of nitro benzene ring substituents is 1. The van der Waals surface area contributed by atoms with E-state index >= 15 is 0 Å². The average molecular weight is 341 g/mol. The molecule has 0 amide bonds. The highest BCUT2D eigenvalue weighted by molar-refractivity contribution is 5.69. The van der Waals surface area contributed by atoms with Gasteiger partial charge in [-0.05, 0) is 24.1 Å². The number of piperazine rings is 1. The zero-order chi connectivity index (χ0) is 17.6. The largest absolute Gasteiger partial charge is 0.379 e. The third kappa shape index (κ3) is 4.48. The second-order valence-corrected chi connectivity index (χ2v) is 6.57. The van der Waals surface area contributed by atoms with Gasteiger partial charge in [0, 0.05) is 18.3 Å². The normalized spacial score (nSPS) is 15.2. The lowest BCUT2D eigenvalue weighted by atomic mass is 10.1. The molecule has 0 saturated carbocycles. The number of anilines is 2. The van der Waals surface area contributed by atoms with Gasteiger partial charge in [-0.3, -0.25) is 10.1 Å². The summed E-state index contributed by atoms with van der Waals surface area (Å²) in [5.41, 5.74) is 3.01. The first kappa shape index (κ1) is 17.2. The van der Waals surface area contributed by atoms with Gasteiger partial charge in [-0.15, -0.1) is 0 Å². The molecule has 6 heteroatoms. The second kappa shape index (κ2) is 7.98. The van der Waals surface area contributed by atoms with Crippen molar-refractivity contribution in [3.8, 4) is 0 Å². The summed E-state index contributed by atoms with van der Waals surface area (Å²) in [6.07, 6.45) is 0.833. The molecule has 2 aromatic rings. The van der Waals surface area contributed by atoms with Crippen LogP contribution in [0, 0.1) is 10.1 Å². The summed E-state index contributed by atoms with van der Waals surface area (Å²) in [5, 5.41) is 14.6. The molecule has 0 spiro atoms. The fourth-order valence-corrected chi connectivity index (χ4v) is 3.15. The van der Waals surface area contributed by atoms with E-state index in [1.54, 1.807) is 6.07 Å². The van der Waals surface area contributed by atoms with Gasteiger partial charge in [0.2, 0.25) is 0 Å². The average Bonchev–Trinajstić information content (AvgIpc) is 2.63. The van der Waals surface area contributed by atoms with Crippen molar-refractivity contribution in [1.29, 1.82) is 0 Å². The highest BCUT2D eigenvalue weighted by Gasteiger charge is 2.20. The van der Waals surface area contributed by atoms with Gasteiger partial charge >= 0.3 is 0 Å². The van der Waals surface area contributed by atoms with Crippen LogP contribution in [0.1, 0.15) is 5.56 Å². The summed E-state index contributed by atoms with van der Waals surface area (Å²) >= 11 is 0. The van der Waals surface area contributed by atoms with Crippen LogP contribution in [-0.2, 0) is 6.42 Å². The summed E-state index contributed by atoms with van der Waals surface area (Å²) in [6, 6.07) is 15.5. The van der Waals surface area contributed by atoms with E-state index in [1.807, 2.05) is 30.3 Å². The molecular formula is C19H25N4O2+. The van der Waals surface area contributed by atoms with Crippen molar-refractivity contribution in [2.45, 2.75) is 6.42 Å². The van der Waals surface area contributed by atoms with Crippen molar-refractivity contribution in [2.75, 3.05) is 50.0 Å². The van der Waals surface area contributed by atoms with Crippen LogP contribution in [0.15, 0.2) is 48.5 Å². The molecule has 2 N–H and O–H groups in total. The van der Waals surface area contributed by atoms with Crippen LogP contribution in [0.4, 0.5) is 17.1 Å². The number of nitrogens with one attached hydrogen (secondary N) is 2. The predicted octanol–water partition coefficient (Wildman–Crippen LogP) is 1.58. The quantitative estimate of drug-likeness (QED) is 0.619.